The molecule has 0 unspecified atom stereocenters. The lowest BCUT2D eigenvalue weighted by Gasteiger charge is -2.34. The molecular weight excluding hydrogens is 569 g/mol. The molecule has 2 saturated heterocycles. The monoisotopic (exact) mass is 604 g/mol. The van der Waals surface area contributed by atoms with Crippen LogP contribution in [0.2, 0.25) is 0 Å². The average molecular weight is 605 g/mol. The van der Waals surface area contributed by atoms with Gasteiger partial charge in [0.2, 0.25) is 11.8 Å². The molecule has 42 heavy (non-hydrogen) atoms. The molecule has 220 valence electrons. The highest BCUT2D eigenvalue weighted by Crippen LogP contribution is 2.20. The molecular formula is C30H36N8O2S2. The number of carbonyl (C=O) groups excluding carboxylic acids is 2. The Kier molecular flexibility index (Phi) is 10.8. The molecule has 0 spiro atoms. The number of aryl methyl sites for hydroxylation is 2. The molecule has 0 aromatic carbocycles. The fourth-order valence-corrected chi connectivity index (χ4v) is 6.34. The molecule has 10 nitrogen and oxygen atoms in total. The summed E-state index contributed by atoms with van der Waals surface area (Å²) in [6.45, 7) is 6.60. The number of hydrogen-bond donors (Lipinski definition) is 0. The van der Waals surface area contributed by atoms with Crippen molar-refractivity contribution in [2.75, 3.05) is 62.2 Å². The van der Waals surface area contributed by atoms with Gasteiger partial charge >= 0.3 is 0 Å². The topological polar surface area (TPSA) is 98.7 Å². The van der Waals surface area contributed by atoms with Gasteiger partial charge in [-0.25, -0.2) is 9.97 Å². The lowest BCUT2D eigenvalue weighted by atomic mass is 10.1. The zero-order chi connectivity index (χ0) is 29.0. The van der Waals surface area contributed by atoms with Crippen LogP contribution < -0.4 is 9.80 Å². The summed E-state index contributed by atoms with van der Waals surface area (Å²) in [5.74, 6) is 0.468. The number of aromatic nitrogens is 4. The number of thiazole rings is 2. The molecule has 0 bridgehead atoms. The number of pyridine rings is 2. The van der Waals surface area contributed by atoms with Gasteiger partial charge in [0.25, 0.3) is 0 Å². The third-order valence-electron chi connectivity index (χ3n) is 7.35. The Hall–Kier alpha value is -3.90. The van der Waals surface area contributed by atoms with Crippen molar-refractivity contribution in [3.8, 4) is 0 Å². The van der Waals surface area contributed by atoms with Gasteiger partial charge in [-0.2, -0.15) is 0 Å². The second-order valence-corrected chi connectivity index (χ2v) is 11.8. The van der Waals surface area contributed by atoms with Crippen LogP contribution in [-0.4, -0.2) is 93.9 Å². The molecule has 0 saturated carbocycles. The Morgan fingerprint density at radius 3 is 1.38 bits per heavy atom. The molecule has 4 aromatic heterocycles. The largest absolute Gasteiger partial charge is 0.345 e. The first kappa shape index (κ1) is 29.6. The summed E-state index contributed by atoms with van der Waals surface area (Å²) in [5.41, 5.74) is 2.24. The van der Waals surface area contributed by atoms with Crippen LogP contribution in [0.5, 0.6) is 0 Å². The Labute approximate surface area is 254 Å². The average Bonchev–Trinajstić information content (AvgIpc) is 3.80. The normalized spacial score (nSPS) is 15.2. The van der Waals surface area contributed by atoms with Gasteiger partial charge in [-0.05, 0) is 36.1 Å². The van der Waals surface area contributed by atoms with E-state index in [2.05, 4.69) is 29.7 Å². The van der Waals surface area contributed by atoms with Crippen molar-refractivity contribution >= 4 is 44.8 Å². The van der Waals surface area contributed by atoms with Gasteiger partial charge in [0.15, 0.2) is 10.3 Å². The Bertz CT molecular complexity index is 1230. The highest BCUT2D eigenvalue weighted by atomic mass is 32.1. The number of amides is 2. The van der Waals surface area contributed by atoms with E-state index in [1.807, 2.05) is 69.6 Å². The highest BCUT2D eigenvalue weighted by Gasteiger charge is 2.23. The zero-order valence-corrected chi connectivity index (χ0v) is 25.3. The van der Waals surface area contributed by atoms with Gasteiger partial charge in [0.05, 0.1) is 0 Å². The number of piperazine rings is 2. The molecule has 12 heteroatoms. The maximum absolute atomic E-state index is 12.2. The number of nitrogens with zero attached hydrogens (tertiary/aromatic N) is 8. The van der Waals surface area contributed by atoms with Crippen molar-refractivity contribution in [3.05, 3.63) is 83.3 Å². The summed E-state index contributed by atoms with van der Waals surface area (Å²) in [5, 5.41) is 6.08. The third kappa shape index (κ3) is 8.56. The second kappa shape index (κ2) is 15.4. The van der Waals surface area contributed by atoms with Crippen molar-refractivity contribution in [2.45, 2.75) is 25.7 Å². The van der Waals surface area contributed by atoms with Crippen LogP contribution in [0.4, 0.5) is 10.3 Å². The summed E-state index contributed by atoms with van der Waals surface area (Å²) in [4.78, 5) is 49.7. The van der Waals surface area contributed by atoms with Gasteiger partial charge in [0, 0.05) is 113 Å². The minimum Gasteiger partial charge on any atom is -0.345 e. The molecule has 2 amide bonds. The molecule has 2 aliphatic heterocycles. The first-order chi connectivity index (χ1) is 20.7. The smallest absolute Gasteiger partial charge is 0.223 e. The molecule has 6 heterocycles. The van der Waals surface area contributed by atoms with Crippen molar-refractivity contribution in [3.63, 3.8) is 0 Å². The van der Waals surface area contributed by atoms with E-state index in [4.69, 9.17) is 0 Å². The van der Waals surface area contributed by atoms with E-state index in [-0.39, 0.29) is 11.8 Å². The molecule has 0 aliphatic carbocycles. The maximum Gasteiger partial charge on any atom is 0.223 e. The summed E-state index contributed by atoms with van der Waals surface area (Å²) < 4.78 is 0. The minimum atomic E-state index is 0.234. The van der Waals surface area contributed by atoms with E-state index >= 15 is 0 Å². The predicted octanol–water partition coefficient (Wildman–Crippen LogP) is 3.64. The first-order valence-electron chi connectivity index (χ1n) is 14.3. The molecule has 0 N–H and O–H groups in total. The van der Waals surface area contributed by atoms with Gasteiger partial charge in [-0.3, -0.25) is 19.6 Å². The van der Waals surface area contributed by atoms with Crippen LogP contribution in [-0.2, 0) is 22.4 Å². The van der Waals surface area contributed by atoms with Gasteiger partial charge in [-0.1, -0.05) is 12.1 Å². The molecule has 0 atom stereocenters. The molecule has 4 aromatic rings. The van der Waals surface area contributed by atoms with Gasteiger partial charge in [-0.15, -0.1) is 22.7 Å². The van der Waals surface area contributed by atoms with Crippen molar-refractivity contribution in [1.29, 1.82) is 0 Å². The second-order valence-electron chi connectivity index (χ2n) is 10.1. The molecule has 0 radical (unpaired) electrons. The van der Waals surface area contributed by atoms with E-state index in [1.165, 1.54) is 0 Å². The van der Waals surface area contributed by atoms with Crippen LogP contribution >= 0.6 is 22.7 Å². The lowest BCUT2D eigenvalue weighted by Crippen LogP contribution is -2.48. The fraction of sp³-hybridized carbons (Fsp3) is 0.400. The van der Waals surface area contributed by atoms with E-state index in [0.717, 1.165) is 86.6 Å². The number of rotatable bonds is 8. The molecule has 2 aliphatic rings. The van der Waals surface area contributed by atoms with Crippen LogP contribution in [0.15, 0.2) is 72.2 Å². The van der Waals surface area contributed by atoms with Crippen molar-refractivity contribution in [2.24, 2.45) is 0 Å². The SMILES string of the molecule is O=C(CCc1cccnc1)N1CCN(c2nccs2)CC1.O=C(CCc1cccnc1)N1CCN(c2nccs2)CC1. The van der Waals surface area contributed by atoms with Crippen LogP contribution in [0.3, 0.4) is 0 Å². The molecule has 6 rings (SSSR count). The third-order valence-corrected chi connectivity index (χ3v) is 9.01. The van der Waals surface area contributed by atoms with E-state index in [1.54, 1.807) is 35.1 Å². The lowest BCUT2D eigenvalue weighted by molar-refractivity contribution is -0.132. The van der Waals surface area contributed by atoms with Crippen LogP contribution in [0.25, 0.3) is 0 Å². The minimum absolute atomic E-state index is 0.234. The molecule has 2 fully saturated rings. The zero-order valence-electron chi connectivity index (χ0n) is 23.6. The summed E-state index contributed by atoms with van der Waals surface area (Å²) in [6.07, 6.45) is 13.5. The van der Waals surface area contributed by atoms with Crippen molar-refractivity contribution < 1.29 is 9.59 Å². The van der Waals surface area contributed by atoms with Gasteiger partial charge < -0.3 is 19.6 Å². The van der Waals surface area contributed by atoms with Crippen LogP contribution in [0.1, 0.15) is 24.0 Å². The Morgan fingerprint density at radius 2 is 1.05 bits per heavy atom. The predicted molar refractivity (Wildman–Crippen MR) is 167 cm³/mol. The summed E-state index contributed by atoms with van der Waals surface area (Å²) in [6, 6.07) is 7.85. The number of anilines is 2. The summed E-state index contributed by atoms with van der Waals surface area (Å²) in [7, 11) is 0. The standard InChI is InChI=1S/2C15H18N4OS/c2*20-14(4-3-13-2-1-5-16-12-13)18-7-9-19(10-8-18)15-17-6-11-21-15/h2*1-2,5-6,11-12H,3-4,7-10H2. The maximum atomic E-state index is 12.2. The van der Waals surface area contributed by atoms with E-state index in [0.29, 0.717) is 12.8 Å². The Balaban J connectivity index is 0.000000168. The van der Waals surface area contributed by atoms with Gasteiger partial charge in [0.1, 0.15) is 0 Å². The highest BCUT2D eigenvalue weighted by molar-refractivity contribution is 7.13. The van der Waals surface area contributed by atoms with E-state index < -0.39 is 0 Å². The first-order valence-corrected chi connectivity index (χ1v) is 16.0. The quantitative estimate of drug-likeness (QED) is 0.301. The summed E-state index contributed by atoms with van der Waals surface area (Å²) >= 11 is 3.30. The Morgan fingerprint density at radius 1 is 0.619 bits per heavy atom. The number of carbonyl (C=O) groups is 2. The number of hydrogen-bond acceptors (Lipinski definition) is 10. The van der Waals surface area contributed by atoms with Crippen molar-refractivity contribution in [1.82, 2.24) is 29.7 Å². The fourth-order valence-electron chi connectivity index (χ4n) is 4.95. The van der Waals surface area contributed by atoms with Crippen LogP contribution in [0, 0.1) is 0 Å². The van der Waals surface area contributed by atoms with E-state index in [9.17, 15) is 9.59 Å².